The summed E-state index contributed by atoms with van der Waals surface area (Å²) in [6.45, 7) is 6.53. The van der Waals surface area contributed by atoms with Crippen LogP contribution in [-0.4, -0.2) is 66.1 Å². The summed E-state index contributed by atoms with van der Waals surface area (Å²) in [6, 6.07) is 4.85. The van der Waals surface area contributed by atoms with Crippen molar-refractivity contribution in [3.8, 4) is 11.1 Å². The summed E-state index contributed by atoms with van der Waals surface area (Å²) in [5.41, 5.74) is 5.04. The molecule has 0 bridgehead atoms. The van der Waals surface area contributed by atoms with Crippen molar-refractivity contribution < 1.29 is 8.78 Å². The fourth-order valence-electron chi connectivity index (χ4n) is 4.18. The highest BCUT2D eigenvalue weighted by Crippen LogP contribution is 2.37. The molecule has 0 radical (unpaired) electrons. The quantitative estimate of drug-likeness (QED) is 0.615. The zero-order chi connectivity index (χ0) is 23.6. The number of aliphatic imine (C=N–C) groups is 1. The van der Waals surface area contributed by atoms with E-state index < -0.39 is 5.92 Å². The number of allylic oxidation sites excluding steroid dienone is 1. The number of hydrogen-bond donors (Lipinski definition) is 2. The highest BCUT2D eigenvalue weighted by atomic mass is 19.3. The van der Waals surface area contributed by atoms with E-state index in [4.69, 9.17) is 5.41 Å². The lowest BCUT2D eigenvalue weighted by atomic mass is 9.99. The molecule has 33 heavy (non-hydrogen) atoms. The first kappa shape index (κ1) is 22.8. The van der Waals surface area contributed by atoms with Crippen molar-refractivity contribution in [1.82, 2.24) is 14.9 Å². The number of benzene rings is 1. The number of rotatable bonds is 7. The van der Waals surface area contributed by atoms with Gasteiger partial charge in [0.25, 0.3) is 5.92 Å². The summed E-state index contributed by atoms with van der Waals surface area (Å²) < 4.78 is 28.2. The second kappa shape index (κ2) is 9.25. The smallest absolute Gasteiger partial charge is 0.270 e. The van der Waals surface area contributed by atoms with Crippen LogP contribution in [0.15, 0.2) is 47.4 Å². The fraction of sp³-hybridized carbons (Fsp3) is 0.417. The van der Waals surface area contributed by atoms with Crippen molar-refractivity contribution in [3.05, 3.63) is 47.9 Å². The van der Waals surface area contributed by atoms with E-state index in [1.54, 1.807) is 38.5 Å². The topological polar surface area (TPSA) is 80.5 Å². The first-order valence-electron chi connectivity index (χ1n) is 11.0. The number of piperazine rings is 1. The van der Waals surface area contributed by atoms with Gasteiger partial charge in [-0.25, -0.2) is 18.7 Å². The Balaban J connectivity index is 1.55. The van der Waals surface area contributed by atoms with Crippen LogP contribution in [0.2, 0.25) is 0 Å². The summed E-state index contributed by atoms with van der Waals surface area (Å²) in [4.78, 5) is 17.6. The van der Waals surface area contributed by atoms with E-state index in [9.17, 15) is 8.78 Å². The molecule has 9 heteroatoms. The molecule has 1 aromatic heterocycles. The van der Waals surface area contributed by atoms with E-state index in [-0.39, 0.29) is 5.56 Å². The molecule has 2 N–H and O–H groups in total. The predicted octanol–water partition coefficient (Wildman–Crippen LogP) is 4.19. The Kier molecular flexibility index (Phi) is 6.40. The van der Waals surface area contributed by atoms with Crippen LogP contribution in [-0.2, 0) is 5.92 Å². The molecule has 1 saturated heterocycles. The van der Waals surface area contributed by atoms with Crippen molar-refractivity contribution in [2.45, 2.75) is 26.2 Å². The van der Waals surface area contributed by atoms with Crippen LogP contribution >= 0.6 is 0 Å². The third kappa shape index (κ3) is 5.18. The molecule has 1 fully saturated rings. The van der Waals surface area contributed by atoms with E-state index in [1.165, 1.54) is 11.8 Å². The summed E-state index contributed by atoms with van der Waals surface area (Å²) >= 11 is 0. The molecular formula is C24H29F2N7. The lowest BCUT2D eigenvalue weighted by Crippen LogP contribution is -2.46. The number of nitrogens with one attached hydrogen (secondary N) is 2. The maximum Gasteiger partial charge on any atom is 0.270 e. The number of alkyl halides is 2. The van der Waals surface area contributed by atoms with Crippen LogP contribution in [0.25, 0.3) is 11.1 Å². The van der Waals surface area contributed by atoms with Crippen molar-refractivity contribution >= 4 is 23.1 Å². The Hall–Kier alpha value is -3.36. The second-order valence-electron chi connectivity index (χ2n) is 8.54. The van der Waals surface area contributed by atoms with Gasteiger partial charge in [0.1, 0.15) is 0 Å². The van der Waals surface area contributed by atoms with Gasteiger partial charge in [-0.3, -0.25) is 4.99 Å². The van der Waals surface area contributed by atoms with Crippen LogP contribution < -0.4 is 10.2 Å². The van der Waals surface area contributed by atoms with Gasteiger partial charge in [0.2, 0.25) is 5.95 Å². The zero-order valence-corrected chi connectivity index (χ0v) is 19.2. The highest BCUT2D eigenvalue weighted by Gasteiger charge is 2.28. The summed E-state index contributed by atoms with van der Waals surface area (Å²) in [5, 5.41) is 10.5. The van der Waals surface area contributed by atoms with Gasteiger partial charge < -0.3 is 20.5 Å². The van der Waals surface area contributed by atoms with Gasteiger partial charge >= 0.3 is 0 Å². The molecular weight excluding hydrogens is 424 g/mol. The van der Waals surface area contributed by atoms with Gasteiger partial charge in [-0.05, 0) is 25.1 Å². The lowest BCUT2D eigenvalue weighted by molar-refractivity contribution is 0.0175. The number of aromatic nitrogens is 2. The average Bonchev–Trinajstić information content (AvgIpc) is 3.26. The Bertz CT molecular complexity index is 1080. The van der Waals surface area contributed by atoms with E-state index in [0.29, 0.717) is 35.8 Å². The first-order valence-corrected chi connectivity index (χ1v) is 11.0. The number of anilines is 2. The molecule has 2 aromatic rings. The van der Waals surface area contributed by atoms with Gasteiger partial charge in [-0.1, -0.05) is 6.07 Å². The van der Waals surface area contributed by atoms with Crippen LogP contribution in [0.4, 0.5) is 20.4 Å². The molecule has 7 nitrogen and oxygen atoms in total. The average molecular weight is 454 g/mol. The standard InChI is InChI=1S/C24H29F2N7/c1-16(27)10-19-12-20(15-29-19)32-6-8-33(9-7-32)22-5-4-18(24(2,25)26)11-21(22)17-13-30-23(28-3)31-14-17/h4-5,11-14,27H,6-10,15H2,1-3H3,(H,28,30,31). The molecule has 2 aliphatic rings. The highest BCUT2D eigenvalue weighted by molar-refractivity contribution is 6.09. The first-order chi connectivity index (χ1) is 15.7. The maximum absolute atomic E-state index is 14.1. The molecule has 0 atom stereocenters. The molecule has 3 heterocycles. The molecule has 0 amide bonds. The van der Waals surface area contributed by atoms with E-state index >= 15 is 0 Å². The summed E-state index contributed by atoms with van der Waals surface area (Å²) in [5.74, 6) is -2.45. The zero-order valence-electron chi connectivity index (χ0n) is 19.2. The molecule has 2 aliphatic heterocycles. The van der Waals surface area contributed by atoms with E-state index in [0.717, 1.165) is 44.5 Å². The van der Waals surface area contributed by atoms with Crippen molar-refractivity contribution in [2.24, 2.45) is 4.99 Å². The molecule has 4 rings (SSSR count). The minimum absolute atomic E-state index is 0.0279. The fourth-order valence-corrected chi connectivity index (χ4v) is 4.18. The van der Waals surface area contributed by atoms with Crippen molar-refractivity contribution in [3.63, 3.8) is 0 Å². The Labute approximate surface area is 192 Å². The molecule has 1 aromatic carbocycles. The third-order valence-electron chi connectivity index (χ3n) is 5.94. The van der Waals surface area contributed by atoms with Crippen molar-refractivity contribution in [2.75, 3.05) is 50.0 Å². The van der Waals surface area contributed by atoms with Crippen LogP contribution in [0.3, 0.4) is 0 Å². The molecule has 0 saturated carbocycles. The number of halogens is 2. The second-order valence-corrected chi connectivity index (χ2v) is 8.54. The maximum atomic E-state index is 14.1. The third-order valence-corrected chi connectivity index (χ3v) is 5.94. The van der Waals surface area contributed by atoms with Gasteiger partial charge in [0.05, 0.1) is 6.54 Å². The van der Waals surface area contributed by atoms with Crippen LogP contribution in [0.1, 0.15) is 25.8 Å². The minimum Gasteiger partial charge on any atom is -0.370 e. The van der Waals surface area contributed by atoms with Crippen molar-refractivity contribution in [1.29, 1.82) is 5.41 Å². The Morgan fingerprint density at radius 3 is 2.39 bits per heavy atom. The largest absolute Gasteiger partial charge is 0.370 e. The number of nitrogens with zero attached hydrogens (tertiary/aromatic N) is 5. The predicted molar refractivity (Wildman–Crippen MR) is 129 cm³/mol. The monoisotopic (exact) mass is 453 g/mol. The number of hydrogen-bond acceptors (Lipinski definition) is 7. The Morgan fingerprint density at radius 1 is 1.12 bits per heavy atom. The van der Waals surface area contributed by atoms with Gasteiger partial charge in [-0.2, -0.15) is 0 Å². The van der Waals surface area contributed by atoms with E-state index in [1.807, 2.05) is 0 Å². The van der Waals surface area contributed by atoms with E-state index in [2.05, 4.69) is 36.2 Å². The van der Waals surface area contributed by atoms with Crippen LogP contribution in [0.5, 0.6) is 0 Å². The molecule has 0 unspecified atom stereocenters. The van der Waals surface area contributed by atoms with Gasteiger partial charge in [0, 0.05) is 98.5 Å². The SMILES string of the molecule is CNc1ncc(-c2cc(C(C)(F)F)ccc2N2CCN(C3=CC(CC(C)=N)=NC3)CC2)cn1. The minimum atomic E-state index is -2.93. The van der Waals surface area contributed by atoms with Gasteiger partial charge in [0.15, 0.2) is 0 Å². The summed E-state index contributed by atoms with van der Waals surface area (Å²) in [6.07, 6.45) is 6.02. The normalized spacial score (nSPS) is 16.5. The van der Waals surface area contributed by atoms with Gasteiger partial charge in [-0.15, -0.1) is 0 Å². The Morgan fingerprint density at radius 2 is 1.79 bits per heavy atom. The molecule has 0 spiro atoms. The summed E-state index contributed by atoms with van der Waals surface area (Å²) in [7, 11) is 1.73. The molecule has 0 aliphatic carbocycles. The van der Waals surface area contributed by atoms with Crippen LogP contribution in [0, 0.1) is 5.41 Å². The molecule has 174 valence electrons. The lowest BCUT2D eigenvalue weighted by Gasteiger charge is -2.38.